The van der Waals surface area contributed by atoms with Crippen LogP contribution in [0.15, 0.2) is 73.1 Å². The van der Waals surface area contributed by atoms with E-state index >= 15 is 0 Å². The highest BCUT2D eigenvalue weighted by Crippen LogP contribution is 2.31. The van der Waals surface area contributed by atoms with Gasteiger partial charge in [-0.1, -0.05) is 36.4 Å². The monoisotopic (exact) mass is 377 g/mol. The molecule has 0 saturated heterocycles. The summed E-state index contributed by atoms with van der Waals surface area (Å²) in [6.07, 6.45) is 3.78. The zero-order valence-corrected chi connectivity index (χ0v) is 16.0. The average molecular weight is 377 g/mol. The Labute approximate surface area is 167 Å². The van der Waals surface area contributed by atoms with E-state index in [2.05, 4.69) is 86.5 Å². The third-order valence-electron chi connectivity index (χ3n) is 5.70. The van der Waals surface area contributed by atoms with Gasteiger partial charge in [-0.2, -0.15) is 0 Å². The van der Waals surface area contributed by atoms with E-state index in [0.29, 0.717) is 6.54 Å². The van der Waals surface area contributed by atoms with Crippen LogP contribution in [0.25, 0.3) is 43.6 Å². The number of hydrogen-bond acceptors (Lipinski definition) is 3. The summed E-state index contributed by atoms with van der Waals surface area (Å²) in [6.45, 7) is 0.614. The molecule has 6 aromatic rings. The second kappa shape index (κ2) is 6.07. The van der Waals surface area contributed by atoms with Gasteiger partial charge in [0.2, 0.25) is 0 Å². The second-order valence-corrected chi connectivity index (χ2v) is 7.38. The van der Waals surface area contributed by atoms with Crippen LogP contribution in [-0.2, 0) is 13.6 Å². The molecule has 5 heteroatoms. The lowest BCUT2D eigenvalue weighted by molar-refractivity contribution is 0.994. The SMILES string of the molecule is Cn1c2ccccc2c2ccnc(NCc3cc4c(cn3)[nH]c3ccccc34)c21. The topological polar surface area (TPSA) is 58.5 Å². The van der Waals surface area contributed by atoms with Gasteiger partial charge in [-0.25, -0.2) is 4.98 Å². The van der Waals surface area contributed by atoms with E-state index < -0.39 is 0 Å². The number of fused-ring (bicyclic) bond motifs is 6. The normalized spacial score (nSPS) is 11.8. The van der Waals surface area contributed by atoms with Gasteiger partial charge in [-0.15, -0.1) is 0 Å². The van der Waals surface area contributed by atoms with Crippen LogP contribution in [0.3, 0.4) is 0 Å². The maximum Gasteiger partial charge on any atom is 0.150 e. The van der Waals surface area contributed by atoms with E-state index in [1.165, 1.54) is 27.1 Å². The number of benzene rings is 2. The summed E-state index contributed by atoms with van der Waals surface area (Å²) in [7, 11) is 2.09. The maximum absolute atomic E-state index is 4.63. The molecule has 0 saturated carbocycles. The lowest BCUT2D eigenvalue weighted by Crippen LogP contribution is -2.04. The predicted octanol–water partition coefficient (Wildman–Crippen LogP) is 5.37. The molecular formula is C24H19N5. The van der Waals surface area contributed by atoms with Gasteiger partial charge in [0, 0.05) is 45.8 Å². The number of pyridine rings is 2. The van der Waals surface area contributed by atoms with Crippen molar-refractivity contribution in [1.82, 2.24) is 19.5 Å². The molecule has 0 bridgehead atoms. The third kappa shape index (κ3) is 2.41. The molecule has 0 aliphatic heterocycles. The molecule has 2 N–H and O–H groups in total. The first kappa shape index (κ1) is 16.1. The Hall–Kier alpha value is -3.86. The molecule has 0 spiro atoms. The van der Waals surface area contributed by atoms with Crippen molar-refractivity contribution in [1.29, 1.82) is 0 Å². The number of nitrogens with one attached hydrogen (secondary N) is 2. The Morgan fingerprint density at radius 1 is 0.862 bits per heavy atom. The van der Waals surface area contributed by atoms with Crippen LogP contribution in [0.1, 0.15) is 5.69 Å². The predicted molar refractivity (Wildman–Crippen MR) is 119 cm³/mol. The van der Waals surface area contributed by atoms with Crippen LogP contribution in [0.5, 0.6) is 0 Å². The first-order valence-electron chi connectivity index (χ1n) is 9.71. The zero-order chi connectivity index (χ0) is 19.4. The summed E-state index contributed by atoms with van der Waals surface area (Å²) in [4.78, 5) is 12.7. The molecule has 0 radical (unpaired) electrons. The van der Waals surface area contributed by atoms with Crippen molar-refractivity contribution >= 4 is 49.4 Å². The molecular weight excluding hydrogens is 358 g/mol. The molecule has 0 aliphatic rings. The van der Waals surface area contributed by atoms with Crippen LogP contribution < -0.4 is 5.32 Å². The molecule has 0 unspecified atom stereocenters. The van der Waals surface area contributed by atoms with E-state index in [-0.39, 0.29) is 0 Å². The number of para-hydroxylation sites is 2. The summed E-state index contributed by atoms with van der Waals surface area (Å²) in [5, 5.41) is 8.38. The summed E-state index contributed by atoms with van der Waals surface area (Å²) in [5.41, 5.74) is 5.50. The van der Waals surface area contributed by atoms with Crippen molar-refractivity contribution in [2.75, 3.05) is 5.32 Å². The standard InChI is InChI=1S/C24H19N5/c1-29-22-9-5-3-7-17(22)18-10-11-25-24(23(18)29)27-13-15-12-19-16-6-2-4-8-20(16)28-21(19)14-26-15/h2-12,14,28H,13H2,1H3,(H,25,27). The maximum atomic E-state index is 4.63. The van der Waals surface area contributed by atoms with E-state index in [1.54, 1.807) is 0 Å². The van der Waals surface area contributed by atoms with E-state index in [4.69, 9.17) is 0 Å². The van der Waals surface area contributed by atoms with E-state index in [1.807, 2.05) is 18.5 Å². The number of aromatic amines is 1. The number of rotatable bonds is 3. The Balaban J connectivity index is 1.41. The van der Waals surface area contributed by atoms with Gasteiger partial charge < -0.3 is 14.9 Å². The third-order valence-corrected chi connectivity index (χ3v) is 5.70. The minimum absolute atomic E-state index is 0.614. The highest BCUT2D eigenvalue weighted by molar-refractivity contribution is 6.11. The van der Waals surface area contributed by atoms with Gasteiger partial charge in [-0.3, -0.25) is 4.98 Å². The molecule has 0 amide bonds. The number of H-pyrrole nitrogens is 1. The molecule has 29 heavy (non-hydrogen) atoms. The summed E-state index contributed by atoms with van der Waals surface area (Å²) in [5.74, 6) is 0.877. The minimum Gasteiger partial charge on any atom is -0.363 e. The van der Waals surface area contributed by atoms with Crippen LogP contribution in [0.4, 0.5) is 5.82 Å². The van der Waals surface area contributed by atoms with Crippen molar-refractivity contribution in [3.05, 3.63) is 78.8 Å². The zero-order valence-electron chi connectivity index (χ0n) is 16.0. The molecule has 2 aromatic carbocycles. The quantitative estimate of drug-likeness (QED) is 0.436. The van der Waals surface area contributed by atoms with Crippen LogP contribution in [-0.4, -0.2) is 19.5 Å². The highest BCUT2D eigenvalue weighted by atomic mass is 15.0. The van der Waals surface area contributed by atoms with Crippen molar-refractivity contribution < 1.29 is 0 Å². The van der Waals surface area contributed by atoms with Crippen molar-refractivity contribution in [3.63, 3.8) is 0 Å². The molecule has 5 nitrogen and oxygen atoms in total. The summed E-state index contributed by atoms with van der Waals surface area (Å²) < 4.78 is 2.20. The van der Waals surface area contributed by atoms with Gasteiger partial charge in [0.15, 0.2) is 5.82 Å². The summed E-state index contributed by atoms with van der Waals surface area (Å²) in [6, 6.07) is 21.0. The minimum atomic E-state index is 0.614. The second-order valence-electron chi connectivity index (χ2n) is 7.38. The van der Waals surface area contributed by atoms with Crippen LogP contribution >= 0.6 is 0 Å². The van der Waals surface area contributed by atoms with E-state index in [0.717, 1.165) is 28.1 Å². The van der Waals surface area contributed by atoms with Crippen LogP contribution in [0.2, 0.25) is 0 Å². The number of hydrogen-bond donors (Lipinski definition) is 2. The number of nitrogens with zero attached hydrogens (tertiary/aromatic N) is 3. The lowest BCUT2D eigenvalue weighted by Gasteiger charge is -2.08. The first-order chi connectivity index (χ1) is 14.3. The molecule has 6 rings (SSSR count). The smallest absolute Gasteiger partial charge is 0.150 e. The van der Waals surface area contributed by atoms with Gasteiger partial charge >= 0.3 is 0 Å². The van der Waals surface area contributed by atoms with Gasteiger partial charge in [0.05, 0.1) is 29.5 Å². The number of aromatic nitrogens is 4. The average Bonchev–Trinajstić information content (AvgIpc) is 3.28. The highest BCUT2D eigenvalue weighted by Gasteiger charge is 2.12. The van der Waals surface area contributed by atoms with Crippen molar-refractivity contribution in [2.45, 2.75) is 6.54 Å². The summed E-state index contributed by atoms with van der Waals surface area (Å²) >= 11 is 0. The first-order valence-corrected chi connectivity index (χ1v) is 9.71. The fourth-order valence-corrected chi connectivity index (χ4v) is 4.32. The molecule has 0 aliphatic carbocycles. The molecule has 140 valence electrons. The van der Waals surface area contributed by atoms with E-state index in [9.17, 15) is 0 Å². The Morgan fingerprint density at radius 2 is 1.69 bits per heavy atom. The Bertz CT molecular complexity index is 1520. The Kier molecular flexibility index (Phi) is 3.38. The van der Waals surface area contributed by atoms with Gasteiger partial charge in [0.25, 0.3) is 0 Å². The number of aryl methyl sites for hydroxylation is 1. The van der Waals surface area contributed by atoms with Gasteiger partial charge in [0.1, 0.15) is 0 Å². The largest absolute Gasteiger partial charge is 0.363 e. The lowest BCUT2D eigenvalue weighted by atomic mass is 10.1. The van der Waals surface area contributed by atoms with Crippen molar-refractivity contribution in [3.8, 4) is 0 Å². The van der Waals surface area contributed by atoms with Gasteiger partial charge in [-0.05, 0) is 24.3 Å². The Morgan fingerprint density at radius 3 is 2.62 bits per heavy atom. The van der Waals surface area contributed by atoms with Crippen molar-refractivity contribution in [2.24, 2.45) is 7.05 Å². The van der Waals surface area contributed by atoms with Crippen LogP contribution in [0, 0.1) is 0 Å². The fraction of sp³-hybridized carbons (Fsp3) is 0.0833. The molecule has 0 atom stereocenters. The fourth-order valence-electron chi connectivity index (χ4n) is 4.32. The molecule has 4 aromatic heterocycles. The molecule has 4 heterocycles. The number of anilines is 1. The molecule has 0 fully saturated rings.